The summed E-state index contributed by atoms with van der Waals surface area (Å²) in [5, 5.41) is 5.21. The van der Waals surface area contributed by atoms with E-state index in [-0.39, 0.29) is 12.3 Å². The van der Waals surface area contributed by atoms with Gasteiger partial charge in [-0.25, -0.2) is 0 Å². The number of amides is 1. The highest BCUT2D eigenvalue weighted by Crippen LogP contribution is 2.21. The summed E-state index contributed by atoms with van der Waals surface area (Å²) in [7, 11) is 3.60. The van der Waals surface area contributed by atoms with Gasteiger partial charge in [-0.3, -0.25) is 9.48 Å². The molecule has 0 fully saturated rings. The molecule has 1 aromatic heterocycles. The first-order valence-electron chi connectivity index (χ1n) is 6.11. The lowest BCUT2D eigenvalue weighted by Gasteiger charge is -2.16. The van der Waals surface area contributed by atoms with Crippen LogP contribution in [0.25, 0.3) is 0 Å². The summed E-state index contributed by atoms with van der Waals surface area (Å²) < 4.78 is 1.71. The van der Waals surface area contributed by atoms with Gasteiger partial charge in [-0.05, 0) is 23.8 Å². The molecule has 0 aliphatic carbocycles. The number of rotatable bonds is 4. The fourth-order valence-electron chi connectivity index (χ4n) is 1.89. The fourth-order valence-corrected chi connectivity index (χ4v) is 2.27. The van der Waals surface area contributed by atoms with E-state index in [9.17, 15) is 4.79 Å². The maximum atomic E-state index is 12.2. The second kappa shape index (κ2) is 6.29. The molecular formula is C14H15Cl2N3O. The number of hydrogen-bond donors (Lipinski definition) is 0. The predicted molar refractivity (Wildman–Crippen MR) is 79.8 cm³/mol. The Kier molecular flexibility index (Phi) is 4.68. The zero-order valence-electron chi connectivity index (χ0n) is 11.3. The Balaban J connectivity index is 2.02. The molecule has 20 heavy (non-hydrogen) atoms. The molecule has 2 rings (SSSR count). The van der Waals surface area contributed by atoms with E-state index in [1.165, 1.54) is 0 Å². The summed E-state index contributed by atoms with van der Waals surface area (Å²) in [5.74, 6) is -0.0157. The Morgan fingerprint density at radius 2 is 2.15 bits per heavy atom. The fraction of sp³-hybridized carbons (Fsp3) is 0.286. The molecule has 0 radical (unpaired) electrons. The number of aryl methyl sites for hydroxylation is 1. The summed E-state index contributed by atoms with van der Waals surface area (Å²) in [5.41, 5.74) is 1.72. The molecular weight excluding hydrogens is 297 g/mol. The molecule has 0 N–H and O–H groups in total. The van der Waals surface area contributed by atoms with Gasteiger partial charge in [-0.1, -0.05) is 23.2 Å². The molecule has 6 heteroatoms. The van der Waals surface area contributed by atoms with E-state index in [4.69, 9.17) is 23.2 Å². The van der Waals surface area contributed by atoms with Crippen molar-refractivity contribution < 1.29 is 4.79 Å². The van der Waals surface area contributed by atoms with Crippen molar-refractivity contribution in [1.29, 1.82) is 0 Å². The van der Waals surface area contributed by atoms with Crippen molar-refractivity contribution in [2.24, 2.45) is 7.05 Å². The van der Waals surface area contributed by atoms with Crippen LogP contribution >= 0.6 is 23.2 Å². The van der Waals surface area contributed by atoms with E-state index >= 15 is 0 Å². The van der Waals surface area contributed by atoms with Gasteiger partial charge in [0.1, 0.15) is 0 Å². The monoisotopic (exact) mass is 311 g/mol. The predicted octanol–water partition coefficient (Wildman–Crippen LogP) is 2.93. The average Bonchev–Trinajstić information content (AvgIpc) is 2.79. The highest BCUT2D eigenvalue weighted by Gasteiger charge is 2.13. The molecule has 0 aliphatic rings. The molecule has 1 heterocycles. The average molecular weight is 312 g/mol. The first kappa shape index (κ1) is 14.9. The van der Waals surface area contributed by atoms with Crippen molar-refractivity contribution in [3.8, 4) is 0 Å². The van der Waals surface area contributed by atoms with Gasteiger partial charge in [0, 0.05) is 42.4 Å². The maximum absolute atomic E-state index is 12.2. The lowest BCUT2D eigenvalue weighted by Crippen LogP contribution is -2.27. The summed E-state index contributed by atoms with van der Waals surface area (Å²) in [4.78, 5) is 13.8. The third-order valence-corrected chi connectivity index (χ3v) is 3.56. The van der Waals surface area contributed by atoms with E-state index in [1.54, 1.807) is 41.0 Å². The van der Waals surface area contributed by atoms with Crippen LogP contribution < -0.4 is 0 Å². The van der Waals surface area contributed by atoms with Crippen LogP contribution in [0, 0.1) is 0 Å². The highest BCUT2D eigenvalue weighted by atomic mass is 35.5. The van der Waals surface area contributed by atoms with Gasteiger partial charge in [-0.15, -0.1) is 0 Å². The first-order valence-corrected chi connectivity index (χ1v) is 6.86. The van der Waals surface area contributed by atoms with Gasteiger partial charge in [0.2, 0.25) is 5.91 Å². The molecule has 0 aliphatic heterocycles. The van der Waals surface area contributed by atoms with E-state index in [1.807, 2.05) is 13.2 Å². The zero-order valence-corrected chi connectivity index (χ0v) is 12.8. The molecule has 2 aromatic rings. The van der Waals surface area contributed by atoms with Crippen molar-refractivity contribution in [2.45, 2.75) is 13.0 Å². The van der Waals surface area contributed by atoms with Gasteiger partial charge in [0.05, 0.1) is 12.6 Å². The van der Waals surface area contributed by atoms with Crippen LogP contribution in [-0.2, 0) is 24.8 Å². The number of halogens is 2. The quantitative estimate of drug-likeness (QED) is 0.870. The van der Waals surface area contributed by atoms with Gasteiger partial charge in [0.15, 0.2) is 0 Å². The van der Waals surface area contributed by atoms with E-state index in [0.717, 1.165) is 11.1 Å². The Hall–Kier alpha value is -1.52. The Morgan fingerprint density at radius 1 is 1.40 bits per heavy atom. The van der Waals surface area contributed by atoms with Gasteiger partial charge in [0.25, 0.3) is 0 Å². The molecule has 0 bridgehead atoms. The lowest BCUT2D eigenvalue weighted by atomic mass is 10.1. The normalized spacial score (nSPS) is 10.6. The van der Waals surface area contributed by atoms with Crippen LogP contribution in [0.3, 0.4) is 0 Å². The second-order valence-corrected chi connectivity index (χ2v) is 5.53. The number of benzene rings is 1. The molecule has 106 valence electrons. The Bertz CT molecular complexity index is 625. The molecule has 0 saturated carbocycles. The standard InChI is InChI=1S/C14H15Cl2N3O/c1-18(8-10-7-17-19(2)9-10)14(20)6-11-5-12(15)3-4-13(11)16/h3-5,7,9H,6,8H2,1-2H3. The largest absolute Gasteiger partial charge is 0.341 e. The van der Waals surface area contributed by atoms with Crippen molar-refractivity contribution in [3.63, 3.8) is 0 Å². The van der Waals surface area contributed by atoms with Crippen molar-refractivity contribution >= 4 is 29.1 Å². The number of hydrogen-bond acceptors (Lipinski definition) is 2. The van der Waals surface area contributed by atoms with Crippen molar-refractivity contribution in [1.82, 2.24) is 14.7 Å². The van der Waals surface area contributed by atoms with E-state index in [2.05, 4.69) is 5.10 Å². The van der Waals surface area contributed by atoms with Crippen LogP contribution in [0.2, 0.25) is 10.0 Å². The first-order chi connectivity index (χ1) is 9.45. The van der Waals surface area contributed by atoms with Crippen LogP contribution in [0.5, 0.6) is 0 Å². The molecule has 0 spiro atoms. The summed E-state index contributed by atoms with van der Waals surface area (Å²) in [6.07, 6.45) is 3.86. The second-order valence-electron chi connectivity index (χ2n) is 4.68. The van der Waals surface area contributed by atoms with Crippen molar-refractivity contribution in [3.05, 3.63) is 51.8 Å². The van der Waals surface area contributed by atoms with Gasteiger partial charge in [-0.2, -0.15) is 5.10 Å². The van der Waals surface area contributed by atoms with Crippen LogP contribution in [0.15, 0.2) is 30.6 Å². The summed E-state index contributed by atoms with van der Waals surface area (Å²) >= 11 is 12.0. The van der Waals surface area contributed by atoms with E-state index in [0.29, 0.717) is 16.6 Å². The minimum absolute atomic E-state index is 0.0157. The number of carbonyl (C=O) groups excluding carboxylic acids is 1. The highest BCUT2D eigenvalue weighted by molar-refractivity contribution is 6.33. The van der Waals surface area contributed by atoms with Crippen LogP contribution in [0.1, 0.15) is 11.1 Å². The Morgan fingerprint density at radius 3 is 2.80 bits per heavy atom. The Labute approximate surface area is 127 Å². The summed E-state index contributed by atoms with van der Waals surface area (Å²) in [6, 6.07) is 5.13. The maximum Gasteiger partial charge on any atom is 0.227 e. The SMILES string of the molecule is CN(Cc1cnn(C)c1)C(=O)Cc1cc(Cl)ccc1Cl. The number of likely N-dealkylation sites (N-methyl/N-ethyl adjacent to an activating group) is 1. The minimum atomic E-state index is -0.0157. The third kappa shape index (κ3) is 3.74. The van der Waals surface area contributed by atoms with Crippen LogP contribution in [0.4, 0.5) is 0 Å². The number of nitrogens with zero attached hydrogens (tertiary/aromatic N) is 3. The zero-order chi connectivity index (χ0) is 14.7. The van der Waals surface area contributed by atoms with Gasteiger partial charge < -0.3 is 4.90 Å². The minimum Gasteiger partial charge on any atom is -0.341 e. The summed E-state index contributed by atoms with van der Waals surface area (Å²) in [6.45, 7) is 0.519. The topological polar surface area (TPSA) is 38.1 Å². The third-order valence-electron chi connectivity index (χ3n) is 2.95. The smallest absolute Gasteiger partial charge is 0.227 e. The van der Waals surface area contributed by atoms with Crippen LogP contribution in [-0.4, -0.2) is 27.6 Å². The molecule has 0 atom stereocenters. The number of aromatic nitrogens is 2. The molecule has 0 unspecified atom stereocenters. The molecule has 0 saturated heterocycles. The lowest BCUT2D eigenvalue weighted by molar-refractivity contribution is -0.129. The number of carbonyl (C=O) groups is 1. The molecule has 1 aromatic carbocycles. The van der Waals surface area contributed by atoms with Gasteiger partial charge >= 0.3 is 0 Å². The molecule has 1 amide bonds. The van der Waals surface area contributed by atoms with E-state index < -0.39 is 0 Å². The molecule has 4 nitrogen and oxygen atoms in total. The van der Waals surface area contributed by atoms with Crippen molar-refractivity contribution in [2.75, 3.05) is 7.05 Å².